The number of aromatic nitrogens is 5. The molecular formula is C25H33N7O. The number of anilines is 1. The van der Waals surface area contributed by atoms with Gasteiger partial charge in [-0.05, 0) is 52.6 Å². The summed E-state index contributed by atoms with van der Waals surface area (Å²) in [6.45, 7) is 13.8. The van der Waals surface area contributed by atoms with E-state index in [1.54, 1.807) is 0 Å². The van der Waals surface area contributed by atoms with Gasteiger partial charge in [0.1, 0.15) is 0 Å². The molecule has 0 N–H and O–H groups in total. The summed E-state index contributed by atoms with van der Waals surface area (Å²) in [6.07, 6.45) is 10.4. The van der Waals surface area contributed by atoms with E-state index in [9.17, 15) is 0 Å². The van der Waals surface area contributed by atoms with Gasteiger partial charge in [0.05, 0.1) is 29.7 Å². The van der Waals surface area contributed by atoms with Crippen molar-refractivity contribution < 1.29 is 4.52 Å². The van der Waals surface area contributed by atoms with Crippen LogP contribution in [0, 0.1) is 13.8 Å². The van der Waals surface area contributed by atoms with Crippen LogP contribution in [-0.4, -0.2) is 56.0 Å². The number of rotatable bonds is 7. The zero-order valence-corrected chi connectivity index (χ0v) is 19.7. The number of aryl methyl sites for hydroxylation is 1. The summed E-state index contributed by atoms with van der Waals surface area (Å²) in [7, 11) is 0. The lowest BCUT2D eigenvalue weighted by Gasteiger charge is -2.32. The molecule has 2 saturated heterocycles. The minimum absolute atomic E-state index is 0.385. The Kier molecular flexibility index (Phi) is 6.26. The Morgan fingerprint density at radius 2 is 1.91 bits per heavy atom. The molecule has 0 saturated carbocycles. The topological polar surface area (TPSA) is 76.1 Å². The van der Waals surface area contributed by atoms with E-state index in [0.717, 1.165) is 80.8 Å². The van der Waals surface area contributed by atoms with Crippen LogP contribution in [0.15, 0.2) is 35.6 Å². The zero-order valence-electron chi connectivity index (χ0n) is 19.7. The molecule has 0 spiro atoms. The van der Waals surface area contributed by atoms with Gasteiger partial charge in [0.15, 0.2) is 5.76 Å². The van der Waals surface area contributed by atoms with Gasteiger partial charge in [-0.1, -0.05) is 11.2 Å². The maximum atomic E-state index is 5.61. The highest BCUT2D eigenvalue weighted by atomic mass is 16.5. The number of hydrogen-bond acceptors (Lipinski definition) is 7. The maximum absolute atomic E-state index is 5.61. The Balaban J connectivity index is 1.33. The van der Waals surface area contributed by atoms with Crippen LogP contribution < -0.4 is 4.90 Å². The van der Waals surface area contributed by atoms with Gasteiger partial charge in [0.25, 0.3) is 0 Å². The molecule has 2 aliphatic heterocycles. The van der Waals surface area contributed by atoms with Crippen LogP contribution in [0.2, 0.25) is 0 Å². The maximum Gasteiger partial charge on any atom is 0.225 e. The summed E-state index contributed by atoms with van der Waals surface area (Å²) in [6, 6.07) is 1.98. The molecule has 0 aromatic carbocycles. The molecule has 3 aromatic heterocycles. The van der Waals surface area contributed by atoms with Crippen LogP contribution in [0.25, 0.3) is 11.3 Å². The van der Waals surface area contributed by atoms with Crippen molar-refractivity contribution >= 4 is 5.95 Å². The average Bonchev–Trinajstić information content (AvgIpc) is 3.58. The third-order valence-corrected chi connectivity index (χ3v) is 6.96. The first kappa shape index (κ1) is 21.8. The molecule has 33 heavy (non-hydrogen) atoms. The SMILES string of the molecule is C=CCn1ncc(CN2CCC(c3nc(N4CCCC4)ncc3-c3cc(C)no3)CC2)c1C. The second-order valence-electron chi connectivity index (χ2n) is 9.27. The number of nitrogens with zero attached hydrogens (tertiary/aromatic N) is 7. The van der Waals surface area contributed by atoms with Gasteiger partial charge < -0.3 is 9.42 Å². The average molecular weight is 448 g/mol. The van der Waals surface area contributed by atoms with Crippen molar-refractivity contribution in [1.29, 1.82) is 0 Å². The molecule has 0 unspecified atom stereocenters. The summed E-state index contributed by atoms with van der Waals surface area (Å²) in [5.41, 5.74) is 5.50. The van der Waals surface area contributed by atoms with E-state index in [4.69, 9.17) is 14.5 Å². The second kappa shape index (κ2) is 9.47. The van der Waals surface area contributed by atoms with E-state index in [1.807, 2.05) is 36.1 Å². The predicted octanol–water partition coefficient (Wildman–Crippen LogP) is 4.11. The van der Waals surface area contributed by atoms with Crippen molar-refractivity contribution in [3.05, 3.63) is 53.8 Å². The summed E-state index contributed by atoms with van der Waals surface area (Å²) in [5.74, 6) is 2.01. The van der Waals surface area contributed by atoms with E-state index in [1.165, 1.54) is 24.1 Å². The molecule has 2 aliphatic rings. The highest BCUT2D eigenvalue weighted by Crippen LogP contribution is 2.35. The van der Waals surface area contributed by atoms with Crippen molar-refractivity contribution in [3.8, 4) is 11.3 Å². The smallest absolute Gasteiger partial charge is 0.225 e. The number of hydrogen-bond donors (Lipinski definition) is 0. The largest absolute Gasteiger partial charge is 0.356 e. The van der Waals surface area contributed by atoms with Gasteiger partial charge >= 0.3 is 0 Å². The molecule has 8 nitrogen and oxygen atoms in total. The van der Waals surface area contributed by atoms with Gasteiger partial charge in [-0.2, -0.15) is 5.10 Å². The fourth-order valence-corrected chi connectivity index (χ4v) is 5.00. The van der Waals surface area contributed by atoms with Crippen molar-refractivity contribution in [2.45, 2.75) is 58.5 Å². The molecule has 2 fully saturated rings. The van der Waals surface area contributed by atoms with Crippen LogP contribution in [0.1, 0.15) is 54.2 Å². The van der Waals surface area contributed by atoms with Crippen LogP contribution >= 0.6 is 0 Å². The molecule has 174 valence electrons. The monoisotopic (exact) mass is 447 g/mol. The van der Waals surface area contributed by atoms with E-state index >= 15 is 0 Å². The molecule has 0 atom stereocenters. The fraction of sp³-hybridized carbons (Fsp3) is 0.520. The van der Waals surface area contributed by atoms with E-state index in [2.05, 4.69) is 33.6 Å². The molecule has 0 radical (unpaired) electrons. The minimum Gasteiger partial charge on any atom is -0.356 e. The first-order valence-electron chi connectivity index (χ1n) is 12.0. The normalized spacial score (nSPS) is 17.7. The van der Waals surface area contributed by atoms with E-state index in [0.29, 0.717) is 5.92 Å². The van der Waals surface area contributed by atoms with Crippen LogP contribution in [0.4, 0.5) is 5.95 Å². The molecule has 8 heteroatoms. The molecule has 0 amide bonds. The van der Waals surface area contributed by atoms with Crippen LogP contribution in [0.5, 0.6) is 0 Å². The van der Waals surface area contributed by atoms with Gasteiger partial charge in [0.2, 0.25) is 5.95 Å². The Labute approximate surface area is 195 Å². The predicted molar refractivity (Wildman–Crippen MR) is 128 cm³/mol. The highest BCUT2D eigenvalue weighted by molar-refractivity contribution is 5.61. The Morgan fingerprint density at radius 3 is 2.61 bits per heavy atom. The van der Waals surface area contributed by atoms with E-state index in [-0.39, 0.29) is 0 Å². The summed E-state index contributed by atoms with van der Waals surface area (Å²) < 4.78 is 7.63. The van der Waals surface area contributed by atoms with E-state index < -0.39 is 0 Å². The first-order chi connectivity index (χ1) is 16.1. The molecule has 0 aliphatic carbocycles. The summed E-state index contributed by atoms with van der Waals surface area (Å²) in [4.78, 5) is 14.6. The molecule has 5 heterocycles. The lowest BCUT2D eigenvalue weighted by atomic mass is 9.90. The van der Waals surface area contributed by atoms with Gasteiger partial charge in [-0.15, -0.1) is 6.58 Å². The fourth-order valence-electron chi connectivity index (χ4n) is 5.00. The van der Waals surface area contributed by atoms with Crippen molar-refractivity contribution in [2.75, 3.05) is 31.1 Å². The molecule has 3 aromatic rings. The number of piperidine rings is 1. The minimum atomic E-state index is 0.385. The third kappa shape index (κ3) is 4.57. The Bertz CT molecular complexity index is 1100. The number of allylic oxidation sites excluding steroid dienone is 1. The summed E-state index contributed by atoms with van der Waals surface area (Å²) in [5, 5.41) is 8.61. The highest BCUT2D eigenvalue weighted by Gasteiger charge is 2.28. The van der Waals surface area contributed by atoms with Crippen molar-refractivity contribution in [1.82, 2.24) is 29.8 Å². The first-order valence-corrected chi connectivity index (χ1v) is 12.0. The van der Waals surface area contributed by atoms with Gasteiger partial charge in [0, 0.05) is 49.1 Å². The second-order valence-corrected chi connectivity index (χ2v) is 9.27. The Hall–Kier alpha value is -3.00. The van der Waals surface area contributed by atoms with Crippen molar-refractivity contribution in [3.63, 3.8) is 0 Å². The lowest BCUT2D eigenvalue weighted by Crippen LogP contribution is -2.33. The number of likely N-dealkylation sites (tertiary alicyclic amines) is 1. The van der Waals surface area contributed by atoms with Crippen LogP contribution in [0.3, 0.4) is 0 Å². The zero-order chi connectivity index (χ0) is 22.8. The van der Waals surface area contributed by atoms with Crippen molar-refractivity contribution in [2.24, 2.45) is 0 Å². The van der Waals surface area contributed by atoms with Gasteiger partial charge in [-0.3, -0.25) is 9.58 Å². The van der Waals surface area contributed by atoms with Crippen LogP contribution in [-0.2, 0) is 13.1 Å². The molecule has 5 rings (SSSR count). The standard InChI is InChI=1S/C25H33N7O/c1-4-9-32-19(3)21(15-27-32)17-30-12-7-20(8-13-30)24-22(23-14-18(2)29-33-23)16-26-25(28-24)31-10-5-6-11-31/h4,14-16,20H,1,5-13,17H2,2-3H3. The Morgan fingerprint density at radius 1 is 1.12 bits per heavy atom. The molecule has 0 bridgehead atoms. The molecular weight excluding hydrogens is 414 g/mol. The quantitative estimate of drug-likeness (QED) is 0.505. The third-order valence-electron chi connectivity index (χ3n) is 6.96. The summed E-state index contributed by atoms with van der Waals surface area (Å²) >= 11 is 0. The lowest BCUT2D eigenvalue weighted by molar-refractivity contribution is 0.203. The van der Waals surface area contributed by atoms with Gasteiger partial charge in [-0.25, -0.2) is 9.97 Å².